The second kappa shape index (κ2) is 5.94. The van der Waals surface area contributed by atoms with Gasteiger partial charge in [-0.05, 0) is 5.53 Å². The third-order valence-corrected chi connectivity index (χ3v) is 0.762. The third kappa shape index (κ3) is 4.96. The van der Waals surface area contributed by atoms with E-state index in [1.807, 2.05) is 0 Å². The van der Waals surface area contributed by atoms with Gasteiger partial charge in [-0.2, -0.15) is 0 Å². The highest BCUT2D eigenvalue weighted by molar-refractivity contribution is 4.60. The molecule has 0 aromatic carbocycles. The molecule has 0 aliphatic heterocycles. The van der Waals surface area contributed by atoms with Crippen molar-refractivity contribution >= 4 is 0 Å². The molecule has 0 aromatic heterocycles. The summed E-state index contributed by atoms with van der Waals surface area (Å²) in [6.07, 6.45) is 0.480. The van der Waals surface area contributed by atoms with Crippen molar-refractivity contribution in [1.82, 2.24) is 0 Å². The maximum absolute atomic E-state index is 8.87. The Labute approximate surface area is 58.6 Å². The van der Waals surface area contributed by atoms with Crippen molar-refractivity contribution in [2.75, 3.05) is 13.2 Å². The van der Waals surface area contributed by atoms with Crippen molar-refractivity contribution in [3.05, 3.63) is 23.3 Å². The van der Waals surface area contributed by atoms with Gasteiger partial charge in [0.05, 0.1) is 18.9 Å². The van der Waals surface area contributed by atoms with Gasteiger partial charge in [-0.15, -0.1) is 0 Å². The van der Waals surface area contributed by atoms with E-state index < -0.39 is 6.10 Å². The Morgan fingerprint density at radius 1 is 1.90 bits per heavy atom. The second-order valence-corrected chi connectivity index (χ2v) is 1.57. The second-order valence-electron chi connectivity index (χ2n) is 1.57. The normalized spacial score (nSPS) is 11.3. The molecule has 0 heterocycles. The number of aliphatic hydroxyl groups is 1. The van der Waals surface area contributed by atoms with E-state index >= 15 is 0 Å². The van der Waals surface area contributed by atoms with Gasteiger partial charge >= 0.3 is 0 Å². The van der Waals surface area contributed by atoms with E-state index in [0.717, 1.165) is 0 Å². The van der Waals surface area contributed by atoms with Gasteiger partial charge in [-0.25, -0.2) is 0 Å². The summed E-state index contributed by atoms with van der Waals surface area (Å²) in [7, 11) is 0. The fourth-order valence-electron chi connectivity index (χ4n) is 0.363. The minimum absolute atomic E-state index is 0.0321. The summed E-state index contributed by atoms with van der Waals surface area (Å²) in [5.41, 5.74) is 7.83. The first kappa shape index (κ1) is 8.81. The van der Waals surface area contributed by atoms with Crippen molar-refractivity contribution in [3.63, 3.8) is 0 Å². The largest absolute Gasteiger partial charge is 0.499 e. The molecule has 0 aromatic rings. The number of hydrogen-bond donors (Lipinski definition) is 1. The number of aliphatic hydroxyl groups excluding tert-OH is 1. The van der Waals surface area contributed by atoms with Crippen LogP contribution in [0.3, 0.4) is 0 Å². The molecule has 56 valence electrons. The standard InChI is InChI=1S/C5H9N3O2/c1-2-10-4-5(9)3-7-8-6/h2,5,9H,1,3-4H2. The van der Waals surface area contributed by atoms with Crippen molar-refractivity contribution in [3.8, 4) is 0 Å². The number of rotatable bonds is 5. The fraction of sp³-hybridized carbons (Fsp3) is 0.600. The van der Waals surface area contributed by atoms with Crippen LogP contribution in [-0.4, -0.2) is 24.4 Å². The van der Waals surface area contributed by atoms with Crippen LogP contribution in [-0.2, 0) is 4.74 Å². The molecule has 5 heteroatoms. The molecular weight excluding hydrogens is 134 g/mol. The Hall–Kier alpha value is -1.19. The van der Waals surface area contributed by atoms with E-state index in [2.05, 4.69) is 21.3 Å². The molecule has 0 aliphatic carbocycles. The summed E-state index contributed by atoms with van der Waals surface area (Å²) in [5.74, 6) is 0. The van der Waals surface area contributed by atoms with Crippen molar-refractivity contribution in [2.24, 2.45) is 5.11 Å². The van der Waals surface area contributed by atoms with Gasteiger partial charge in [-0.3, -0.25) is 0 Å². The van der Waals surface area contributed by atoms with Gasteiger partial charge in [0, 0.05) is 4.91 Å². The highest BCUT2D eigenvalue weighted by Crippen LogP contribution is 1.86. The molecule has 0 bridgehead atoms. The van der Waals surface area contributed by atoms with Gasteiger partial charge in [0.2, 0.25) is 0 Å². The quantitative estimate of drug-likeness (QED) is 0.267. The van der Waals surface area contributed by atoms with Gasteiger partial charge in [0.25, 0.3) is 0 Å². The maximum Gasteiger partial charge on any atom is 0.113 e. The summed E-state index contributed by atoms with van der Waals surface area (Å²) in [6.45, 7) is 3.42. The van der Waals surface area contributed by atoms with E-state index in [-0.39, 0.29) is 13.2 Å². The highest BCUT2D eigenvalue weighted by Gasteiger charge is 1.99. The van der Waals surface area contributed by atoms with Gasteiger partial charge < -0.3 is 9.84 Å². The zero-order chi connectivity index (χ0) is 7.82. The Morgan fingerprint density at radius 2 is 2.60 bits per heavy atom. The minimum atomic E-state index is -0.742. The van der Waals surface area contributed by atoms with Crippen LogP contribution in [0.5, 0.6) is 0 Å². The van der Waals surface area contributed by atoms with Crippen molar-refractivity contribution < 1.29 is 9.84 Å². The van der Waals surface area contributed by atoms with Gasteiger partial charge in [0.1, 0.15) is 6.61 Å². The first-order chi connectivity index (χ1) is 4.81. The maximum atomic E-state index is 8.87. The molecule has 1 atom stereocenters. The summed E-state index contributed by atoms with van der Waals surface area (Å²) >= 11 is 0. The topological polar surface area (TPSA) is 78.2 Å². The molecule has 0 spiro atoms. The molecule has 0 rings (SSSR count). The van der Waals surface area contributed by atoms with Crippen LogP contribution in [0.15, 0.2) is 18.0 Å². The van der Waals surface area contributed by atoms with E-state index in [1.165, 1.54) is 6.26 Å². The summed E-state index contributed by atoms with van der Waals surface area (Å²) < 4.78 is 4.62. The summed E-state index contributed by atoms with van der Waals surface area (Å²) in [5, 5.41) is 12.0. The zero-order valence-corrected chi connectivity index (χ0v) is 5.47. The molecule has 0 radical (unpaired) electrons. The molecule has 0 saturated heterocycles. The molecule has 1 unspecified atom stereocenters. The smallest absolute Gasteiger partial charge is 0.113 e. The number of nitrogens with zero attached hydrogens (tertiary/aromatic N) is 3. The first-order valence-corrected chi connectivity index (χ1v) is 2.72. The molecule has 0 fully saturated rings. The molecule has 5 nitrogen and oxygen atoms in total. The van der Waals surface area contributed by atoms with E-state index in [1.54, 1.807) is 0 Å². The summed E-state index contributed by atoms with van der Waals surface area (Å²) in [4.78, 5) is 2.47. The molecular formula is C5H9N3O2. The predicted molar refractivity (Wildman–Crippen MR) is 36.2 cm³/mol. The number of ether oxygens (including phenoxy) is 1. The molecule has 10 heavy (non-hydrogen) atoms. The lowest BCUT2D eigenvalue weighted by Crippen LogP contribution is -2.16. The Balaban J connectivity index is 3.32. The zero-order valence-electron chi connectivity index (χ0n) is 5.47. The lowest BCUT2D eigenvalue weighted by Gasteiger charge is -2.04. The monoisotopic (exact) mass is 143 g/mol. The first-order valence-electron chi connectivity index (χ1n) is 2.72. The van der Waals surface area contributed by atoms with Crippen LogP contribution in [0.4, 0.5) is 0 Å². The van der Waals surface area contributed by atoms with E-state index in [0.29, 0.717) is 0 Å². The van der Waals surface area contributed by atoms with Crippen LogP contribution >= 0.6 is 0 Å². The minimum Gasteiger partial charge on any atom is -0.499 e. The van der Waals surface area contributed by atoms with Crippen LogP contribution in [0.25, 0.3) is 10.4 Å². The number of hydrogen-bond acceptors (Lipinski definition) is 3. The Morgan fingerprint density at radius 3 is 3.10 bits per heavy atom. The van der Waals surface area contributed by atoms with Crippen LogP contribution < -0.4 is 0 Å². The molecule has 1 N–H and O–H groups in total. The van der Waals surface area contributed by atoms with Crippen LogP contribution in [0.2, 0.25) is 0 Å². The van der Waals surface area contributed by atoms with Crippen LogP contribution in [0.1, 0.15) is 0 Å². The molecule has 0 aliphatic rings. The molecule has 0 amide bonds. The van der Waals surface area contributed by atoms with Gasteiger partial charge in [0.15, 0.2) is 0 Å². The average Bonchev–Trinajstić information content (AvgIpc) is 1.97. The fourth-order valence-corrected chi connectivity index (χ4v) is 0.363. The predicted octanol–water partition coefficient (Wildman–Crippen LogP) is 0.818. The van der Waals surface area contributed by atoms with E-state index in [9.17, 15) is 0 Å². The van der Waals surface area contributed by atoms with Crippen molar-refractivity contribution in [2.45, 2.75) is 6.10 Å². The van der Waals surface area contributed by atoms with Gasteiger partial charge in [-0.1, -0.05) is 11.7 Å². The van der Waals surface area contributed by atoms with Crippen molar-refractivity contribution in [1.29, 1.82) is 0 Å². The highest BCUT2D eigenvalue weighted by atomic mass is 16.5. The average molecular weight is 143 g/mol. The Kier molecular flexibility index (Phi) is 5.23. The Bertz CT molecular complexity index is 142. The summed E-state index contributed by atoms with van der Waals surface area (Å²) in [6, 6.07) is 0. The lowest BCUT2D eigenvalue weighted by molar-refractivity contribution is 0.0907. The lowest BCUT2D eigenvalue weighted by atomic mass is 10.4. The SMILES string of the molecule is C=COCC(O)CN=[N+]=[N-]. The van der Waals surface area contributed by atoms with Crippen LogP contribution in [0, 0.1) is 0 Å². The number of azide groups is 1. The molecule has 0 saturated carbocycles. The van der Waals surface area contributed by atoms with E-state index in [4.69, 9.17) is 10.6 Å². The third-order valence-electron chi connectivity index (χ3n) is 0.762.